The Kier molecular flexibility index (Phi) is 13.9. The summed E-state index contributed by atoms with van der Waals surface area (Å²) in [6, 6.07) is 9.20. The van der Waals surface area contributed by atoms with E-state index in [0.717, 1.165) is 22.7 Å². The van der Waals surface area contributed by atoms with Crippen molar-refractivity contribution < 1.29 is 48.0 Å². The van der Waals surface area contributed by atoms with Gasteiger partial charge in [0.05, 0.1) is 67.0 Å². The van der Waals surface area contributed by atoms with Crippen LogP contribution >= 0.6 is 0 Å². The average Bonchev–Trinajstić information content (AvgIpc) is 3.72. The van der Waals surface area contributed by atoms with Crippen LogP contribution < -0.4 is 0 Å². The summed E-state index contributed by atoms with van der Waals surface area (Å²) in [7, 11) is 3.88. The van der Waals surface area contributed by atoms with E-state index in [0.29, 0.717) is 38.1 Å². The molecule has 16 heteroatoms. The second-order valence-electron chi connectivity index (χ2n) is 18.9. The normalized spacial score (nSPS) is 39.0. The molecule has 1 N–H and O–H groups in total. The smallest absolute Gasteiger partial charge is 0.410 e. The second-order valence-corrected chi connectivity index (χ2v) is 18.9. The van der Waals surface area contributed by atoms with Crippen molar-refractivity contribution >= 4 is 23.5 Å². The summed E-state index contributed by atoms with van der Waals surface area (Å²) in [5.41, 5.74) is 1.95. The van der Waals surface area contributed by atoms with Crippen LogP contribution in [0.1, 0.15) is 85.9 Å². The van der Waals surface area contributed by atoms with Gasteiger partial charge in [-0.2, -0.15) is 5.10 Å². The van der Waals surface area contributed by atoms with Crippen molar-refractivity contribution in [2.45, 2.75) is 148 Å². The maximum Gasteiger partial charge on any atom is 0.410 e. The van der Waals surface area contributed by atoms with Crippen LogP contribution in [0.4, 0.5) is 4.79 Å². The number of likely N-dealkylation sites (N-methyl/N-ethyl adjacent to an activating group) is 1. The second kappa shape index (κ2) is 18.7. The maximum absolute atomic E-state index is 14.6. The van der Waals surface area contributed by atoms with E-state index in [-0.39, 0.29) is 43.8 Å². The van der Waals surface area contributed by atoms with Crippen molar-refractivity contribution in [3.63, 3.8) is 0 Å². The quantitative estimate of drug-likeness (QED) is 0.268. The van der Waals surface area contributed by atoms with Crippen molar-refractivity contribution in [3.05, 3.63) is 47.8 Å². The van der Waals surface area contributed by atoms with Crippen molar-refractivity contribution in [2.24, 2.45) is 33.8 Å². The molecule has 4 bridgehead atoms. The molecule has 6 heterocycles. The van der Waals surface area contributed by atoms with Gasteiger partial charge in [-0.05, 0) is 97.7 Å². The fourth-order valence-electron chi connectivity index (χ4n) is 10.7. The largest absolute Gasteiger partial charge is 0.458 e. The number of hydrogen-bond acceptors (Lipinski definition) is 14. The number of aliphatic hydroxyl groups excluding tert-OH is 1. The Hall–Kier alpha value is -3.93. The van der Waals surface area contributed by atoms with Crippen LogP contribution in [0.3, 0.4) is 0 Å². The Morgan fingerprint density at radius 3 is 2.45 bits per heavy atom. The molecule has 4 saturated heterocycles. The molecule has 2 aromatic rings. The van der Waals surface area contributed by atoms with Gasteiger partial charge in [0.15, 0.2) is 11.9 Å². The SMILES string of the molecule is CC[C@H]1OC(=O)[C@H](C)[C@H]2OC/C(=N\OCc3ccc(-n4ccc(C)n4)cc3)CO[C@](C)(C[C@@H](C)C3=NCCN4C(=O)O[C@@]1(C)[C@H]4[C@H]3C)[C@H](O[C@H]1O[C@@H](C)C[C@@H](N(C)C)[C@@H]1O)[C@H]2C. The van der Waals surface area contributed by atoms with Crippen LogP contribution in [0.15, 0.2) is 46.7 Å². The summed E-state index contributed by atoms with van der Waals surface area (Å²) in [6.07, 6.45) is -1.53. The van der Waals surface area contributed by atoms with Crippen molar-refractivity contribution in [1.29, 1.82) is 0 Å². The summed E-state index contributed by atoms with van der Waals surface area (Å²) in [5, 5.41) is 20.9. The number of fused-ring (bicyclic) bond motifs is 4. The Bertz CT molecular complexity index is 1960. The molecule has 14 atom stereocenters. The minimum atomic E-state index is -1.14. The Morgan fingerprint density at radius 1 is 1.03 bits per heavy atom. The van der Waals surface area contributed by atoms with Crippen molar-refractivity contribution in [3.8, 4) is 5.69 Å². The summed E-state index contributed by atoms with van der Waals surface area (Å²) in [4.78, 5) is 43.0. The number of hydrogen-bond donors (Lipinski definition) is 1. The van der Waals surface area contributed by atoms with Crippen LogP contribution in [0.25, 0.3) is 5.69 Å². The van der Waals surface area contributed by atoms with Gasteiger partial charge in [0.25, 0.3) is 0 Å². The van der Waals surface area contributed by atoms with Gasteiger partial charge in [0.1, 0.15) is 24.5 Å². The van der Waals surface area contributed by atoms with Gasteiger partial charge in [-0.1, -0.05) is 45.0 Å². The third kappa shape index (κ3) is 9.18. The van der Waals surface area contributed by atoms with Gasteiger partial charge in [-0.25, -0.2) is 9.48 Å². The fraction of sp³-hybridized carbons (Fsp3) is 0.717. The number of carbonyl (C=O) groups excluding carboxylic acids is 2. The highest BCUT2D eigenvalue weighted by molar-refractivity contribution is 5.91. The van der Waals surface area contributed by atoms with E-state index in [1.54, 1.807) is 11.8 Å². The molecule has 1 aromatic heterocycles. The minimum Gasteiger partial charge on any atom is -0.458 e. The van der Waals surface area contributed by atoms with Gasteiger partial charge in [-0.15, -0.1) is 0 Å². The number of oxime groups is 1. The number of carbonyl (C=O) groups is 2. The van der Waals surface area contributed by atoms with Crippen LogP contribution in [0, 0.1) is 30.6 Å². The topological polar surface area (TPSA) is 168 Å². The molecule has 7 rings (SSSR count). The lowest BCUT2D eigenvalue weighted by molar-refractivity contribution is -0.302. The number of aromatic nitrogens is 2. The van der Waals surface area contributed by atoms with E-state index in [1.807, 2.05) is 102 Å². The molecule has 0 spiro atoms. The first-order valence-electron chi connectivity index (χ1n) is 22.4. The van der Waals surface area contributed by atoms with Gasteiger partial charge >= 0.3 is 12.1 Å². The first-order valence-corrected chi connectivity index (χ1v) is 22.4. The van der Waals surface area contributed by atoms with E-state index in [9.17, 15) is 14.7 Å². The molecule has 5 aliphatic heterocycles. The number of rotatable bonds is 8. The zero-order chi connectivity index (χ0) is 44.7. The van der Waals surface area contributed by atoms with E-state index < -0.39 is 71.8 Å². The molecule has 16 nitrogen and oxygen atoms in total. The maximum atomic E-state index is 14.6. The molecule has 62 heavy (non-hydrogen) atoms. The predicted octanol–water partition coefficient (Wildman–Crippen LogP) is 5.34. The highest BCUT2D eigenvalue weighted by Crippen LogP contribution is 2.45. The third-order valence-electron chi connectivity index (χ3n) is 13.9. The first-order chi connectivity index (χ1) is 29.4. The summed E-state index contributed by atoms with van der Waals surface area (Å²) in [5.74, 6) is -2.26. The summed E-state index contributed by atoms with van der Waals surface area (Å²) < 4.78 is 41.8. The van der Waals surface area contributed by atoms with Gasteiger partial charge in [0.2, 0.25) is 0 Å². The van der Waals surface area contributed by atoms with Gasteiger partial charge in [0, 0.05) is 36.3 Å². The zero-order valence-corrected chi connectivity index (χ0v) is 38.4. The summed E-state index contributed by atoms with van der Waals surface area (Å²) in [6.45, 7) is 18.8. The van der Waals surface area contributed by atoms with Crippen LogP contribution in [-0.2, 0) is 44.7 Å². The van der Waals surface area contributed by atoms with Gasteiger partial charge < -0.3 is 43.3 Å². The molecular formula is C46H68N6O10. The van der Waals surface area contributed by atoms with E-state index in [2.05, 4.69) is 24.1 Å². The number of benzene rings is 1. The molecule has 1 amide bonds. The number of amides is 1. The minimum absolute atomic E-state index is 0.00182. The number of ether oxygens (including phenoxy) is 6. The fourth-order valence-corrected chi connectivity index (χ4v) is 10.7. The molecule has 0 radical (unpaired) electrons. The van der Waals surface area contributed by atoms with Crippen molar-refractivity contribution in [1.82, 2.24) is 19.6 Å². The highest BCUT2D eigenvalue weighted by atomic mass is 16.7. The first kappa shape index (κ1) is 46.1. The van der Waals surface area contributed by atoms with Crippen molar-refractivity contribution in [2.75, 3.05) is 40.4 Å². The lowest BCUT2D eigenvalue weighted by Crippen LogP contribution is -2.60. The molecule has 0 aliphatic carbocycles. The average molecular weight is 865 g/mol. The zero-order valence-electron chi connectivity index (χ0n) is 38.4. The van der Waals surface area contributed by atoms with Crippen LogP contribution in [-0.4, -0.2) is 149 Å². The standard InChI is InChI=1S/C46H68N6O10/c1-12-36-46(9)40-29(5)37(47-18-20-51(40)44(55)62-46)26(2)22-45(8)41(61-43-38(53)35(50(10)11)21-28(4)59-43)30(6)39(31(7)42(54)60-36)56-24-33(25-57-45)49-58-23-32-13-15-34(16-14-32)52-19-17-27(3)48-52/h13-17,19,26,28-31,35-36,38-41,43,53H,12,18,20-25H2,1-11H3/b49-33+/t26-,28+,29+,30+,31-,35-,36-,38+,39+,40-,41-,43-,45-,46-/m1/s1. The molecule has 0 unspecified atom stereocenters. The summed E-state index contributed by atoms with van der Waals surface area (Å²) >= 11 is 0. The van der Waals surface area contributed by atoms with Crippen LogP contribution in [0.2, 0.25) is 0 Å². The molecular weight excluding hydrogens is 797 g/mol. The lowest BCUT2D eigenvalue weighted by atomic mass is 9.72. The van der Waals surface area contributed by atoms with Crippen LogP contribution in [0.5, 0.6) is 0 Å². The Labute approximate surface area is 366 Å². The molecule has 5 aliphatic rings. The molecule has 0 saturated carbocycles. The van der Waals surface area contributed by atoms with E-state index >= 15 is 0 Å². The number of esters is 1. The highest BCUT2D eigenvalue weighted by Gasteiger charge is 2.60. The predicted molar refractivity (Wildman–Crippen MR) is 231 cm³/mol. The number of cyclic esters (lactones) is 1. The molecule has 342 valence electrons. The Balaban J connectivity index is 1.27. The van der Waals surface area contributed by atoms with E-state index in [4.69, 9.17) is 38.3 Å². The number of nitrogens with zero attached hydrogens (tertiary/aromatic N) is 6. The Morgan fingerprint density at radius 2 is 1.77 bits per heavy atom. The number of aryl methyl sites for hydroxylation is 1. The van der Waals surface area contributed by atoms with Gasteiger partial charge in [-0.3, -0.25) is 14.7 Å². The molecule has 1 aromatic carbocycles. The lowest BCUT2D eigenvalue weighted by Gasteiger charge is -2.48. The molecule has 4 fully saturated rings. The third-order valence-corrected chi connectivity index (χ3v) is 13.9. The monoisotopic (exact) mass is 864 g/mol. The number of aliphatic hydroxyl groups is 1. The van der Waals surface area contributed by atoms with E-state index in [1.165, 1.54) is 0 Å². The number of aliphatic imine (C=N–C) groups is 1.